The number of carboxylic acids is 1. The molecular weight excluding hydrogens is 234 g/mol. The van der Waals surface area contributed by atoms with Gasteiger partial charge in [0.25, 0.3) is 5.69 Å². The van der Waals surface area contributed by atoms with E-state index in [0.29, 0.717) is 6.42 Å². The molecule has 0 aliphatic heterocycles. The van der Waals surface area contributed by atoms with E-state index < -0.39 is 10.9 Å². The summed E-state index contributed by atoms with van der Waals surface area (Å²) < 4.78 is 0. The van der Waals surface area contributed by atoms with Crippen LogP contribution in [0.15, 0.2) is 42.5 Å². The first kappa shape index (κ1) is 13.6. The van der Waals surface area contributed by atoms with Crippen LogP contribution in [-0.2, 0) is 4.79 Å². The zero-order chi connectivity index (χ0) is 13.4. The second-order valence-corrected chi connectivity index (χ2v) is 3.57. The minimum atomic E-state index is -0.820. The fourth-order valence-electron chi connectivity index (χ4n) is 1.26. The predicted molar refractivity (Wildman–Crippen MR) is 68.1 cm³/mol. The number of allylic oxidation sites excluding steroid dienone is 3. The minimum absolute atomic E-state index is 0.0594. The Morgan fingerprint density at radius 3 is 2.50 bits per heavy atom. The van der Waals surface area contributed by atoms with Crippen molar-refractivity contribution in [2.24, 2.45) is 0 Å². The summed E-state index contributed by atoms with van der Waals surface area (Å²) in [6, 6.07) is 6.18. The molecule has 1 aromatic rings. The topological polar surface area (TPSA) is 80.4 Å². The monoisotopic (exact) mass is 247 g/mol. The molecule has 0 heterocycles. The van der Waals surface area contributed by atoms with Gasteiger partial charge in [0.15, 0.2) is 0 Å². The minimum Gasteiger partial charge on any atom is -0.481 e. The zero-order valence-corrected chi connectivity index (χ0v) is 9.65. The van der Waals surface area contributed by atoms with E-state index >= 15 is 0 Å². The number of non-ortho nitro benzene ring substituents is 1. The molecule has 0 aliphatic rings. The van der Waals surface area contributed by atoms with Crippen molar-refractivity contribution < 1.29 is 14.8 Å². The molecule has 94 valence electrons. The second-order valence-electron chi connectivity index (χ2n) is 3.57. The highest BCUT2D eigenvalue weighted by Gasteiger charge is 2.01. The molecule has 0 aliphatic carbocycles. The number of rotatable bonds is 6. The maximum Gasteiger partial charge on any atom is 0.303 e. The lowest BCUT2D eigenvalue weighted by molar-refractivity contribution is -0.384. The van der Waals surface area contributed by atoms with E-state index in [0.717, 1.165) is 5.56 Å². The van der Waals surface area contributed by atoms with E-state index in [4.69, 9.17) is 5.11 Å². The maximum atomic E-state index is 10.4. The molecule has 0 fully saturated rings. The number of aliphatic carboxylic acids is 1. The molecule has 0 saturated heterocycles. The summed E-state index contributed by atoms with van der Waals surface area (Å²) in [4.78, 5) is 20.2. The van der Waals surface area contributed by atoms with Crippen molar-refractivity contribution in [2.75, 3.05) is 0 Å². The van der Waals surface area contributed by atoms with Crippen LogP contribution in [0.25, 0.3) is 6.08 Å². The highest BCUT2D eigenvalue weighted by atomic mass is 16.6. The molecule has 1 aromatic carbocycles. The van der Waals surface area contributed by atoms with Crippen LogP contribution in [0, 0.1) is 10.1 Å². The molecule has 0 spiro atoms. The van der Waals surface area contributed by atoms with Gasteiger partial charge in [-0.3, -0.25) is 14.9 Å². The Morgan fingerprint density at radius 1 is 1.28 bits per heavy atom. The first-order chi connectivity index (χ1) is 8.59. The SMILES string of the molecule is O=C(O)CCC=CC=Cc1ccc([N+](=O)[O-])cc1. The Labute approximate surface area is 104 Å². The molecule has 0 saturated carbocycles. The van der Waals surface area contributed by atoms with Crippen LogP contribution >= 0.6 is 0 Å². The fourth-order valence-corrected chi connectivity index (χ4v) is 1.26. The predicted octanol–water partition coefficient (Wildman–Crippen LogP) is 3.03. The van der Waals surface area contributed by atoms with Crippen LogP contribution in [0.2, 0.25) is 0 Å². The van der Waals surface area contributed by atoms with Crippen LogP contribution in [0.1, 0.15) is 18.4 Å². The highest BCUT2D eigenvalue weighted by molar-refractivity contribution is 5.66. The van der Waals surface area contributed by atoms with Crippen LogP contribution in [0.4, 0.5) is 5.69 Å². The van der Waals surface area contributed by atoms with E-state index in [1.54, 1.807) is 36.4 Å². The molecule has 5 heteroatoms. The smallest absolute Gasteiger partial charge is 0.303 e. The van der Waals surface area contributed by atoms with E-state index in [1.807, 2.05) is 0 Å². The molecule has 0 radical (unpaired) electrons. The third kappa shape index (κ3) is 5.07. The summed E-state index contributed by atoms with van der Waals surface area (Å²) in [5, 5.41) is 18.8. The zero-order valence-electron chi connectivity index (χ0n) is 9.65. The van der Waals surface area contributed by atoms with E-state index in [1.165, 1.54) is 12.1 Å². The van der Waals surface area contributed by atoms with Gasteiger partial charge in [0.2, 0.25) is 0 Å². The number of nitro benzene ring substituents is 1. The molecule has 1 N–H and O–H groups in total. The number of benzene rings is 1. The number of nitrogens with zero attached hydrogens (tertiary/aromatic N) is 1. The molecule has 0 aromatic heterocycles. The Morgan fingerprint density at radius 2 is 1.94 bits per heavy atom. The lowest BCUT2D eigenvalue weighted by Crippen LogP contribution is -1.91. The molecule has 0 unspecified atom stereocenters. The lowest BCUT2D eigenvalue weighted by Gasteiger charge is -1.92. The van der Waals surface area contributed by atoms with Crippen LogP contribution in [-0.4, -0.2) is 16.0 Å². The third-order valence-electron chi connectivity index (χ3n) is 2.16. The molecule has 5 nitrogen and oxygen atoms in total. The molecule has 0 atom stereocenters. The van der Waals surface area contributed by atoms with Gasteiger partial charge < -0.3 is 5.11 Å². The fraction of sp³-hybridized carbons (Fsp3) is 0.154. The second kappa shape index (κ2) is 7.01. The van der Waals surface area contributed by atoms with E-state index in [-0.39, 0.29) is 12.1 Å². The number of carbonyl (C=O) groups is 1. The molecule has 1 rings (SSSR count). The number of carboxylic acid groups (broad SMARTS) is 1. The summed E-state index contributed by atoms with van der Waals surface area (Å²) in [5.41, 5.74) is 0.910. The summed E-state index contributed by atoms with van der Waals surface area (Å²) in [5.74, 6) is -0.820. The quantitative estimate of drug-likeness (QED) is 0.476. The maximum absolute atomic E-state index is 10.4. The van der Waals surface area contributed by atoms with E-state index in [9.17, 15) is 14.9 Å². The van der Waals surface area contributed by atoms with Crippen molar-refractivity contribution in [1.82, 2.24) is 0 Å². The van der Waals surface area contributed by atoms with Gasteiger partial charge in [-0.2, -0.15) is 0 Å². The average Bonchev–Trinajstić information content (AvgIpc) is 2.34. The highest BCUT2D eigenvalue weighted by Crippen LogP contribution is 2.12. The van der Waals surface area contributed by atoms with Gasteiger partial charge in [0.1, 0.15) is 0 Å². The Hall–Kier alpha value is -2.43. The Kier molecular flexibility index (Phi) is 5.31. The Bertz CT molecular complexity index is 474. The van der Waals surface area contributed by atoms with Crippen LogP contribution in [0.3, 0.4) is 0 Å². The van der Waals surface area contributed by atoms with Gasteiger partial charge in [-0.15, -0.1) is 0 Å². The molecule has 18 heavy (non-hydrogen) atoms. The number of hydrogen-bond donors (Lipinski definition) is 1. The largest absolute Gasteiger partial charge is 0.481 e. The standard InChI is InChI=1S/C13H13NO4/c15-13(16)6-4-2-1-3-5-11-7-9-12(10-8-11)14(17)18/h1-3,5,7-10H,4,6H2,(H,15,16). The van der Waals surface area contributed by atoms with Crippen LogP contribution in [0.5, 0.6) is 0 Å². The van der Waals surface area contributed by atoms with Crippen molar-refractivity contribution >= 4 is 17.7 Å². The first-order valence-electron chi connectivity index (χ1n) is 5.39. The van der Waals surface area contributed by atoms with Gasteiger partial charge >= 0.3 is 5.97 Å². The van der Waals surface area contributed by atoms with Gasteiger partial charge in [0, 0.05) is 18.6 Å². The van der Waals surface area contributed by atoms with Crippen molar-refractivity contribution in [3.8, 4) is 0 Å². The summed E-state index contributed by atoms with van der Waals surface area (Å²) in [6.07, 6.45) is 7.67. The van der Waals surface area contributed by atoms with E-state index in [2.05, 4.69) is 0 Å². The van der Waals surface area contributed by atoms with Crippen molar-refractivity contribution in [2.45, 2.75) is 12.8 Å². The van der Waals surface area contributed by atoms with Gasteiger partial charge in [0.05, 0.1) is 4.92 Å². The summed E-state index contributed by atoms with van der Waals surface area (Å²) in [7, 11) is 0. The average molecular weight is 247 g/mol. The normalized spacial score (nSPS) is 11.1. The molecular formula is C13H13NO4. The third-order valence-corrected chi connectivity index (χ3v) is 2.16. The van der Waals surface area contributed by atoms with Crippen molar-refractivity contribution in [1.29, 1.82) is 0 Å². The van der Waals surface area contributed by atoms with Crippen molar-refractivity contribution in [3.05, 3.63) is 58.2 Å². The summed E-state index contributed by atoms with van der Waals surface area (Å²) in [6.45, 7) is 0. The van der Waals surface area contributed by atoms with Gasteiger partial charge in [-0.1, -0.05) is 24.3 Å². The summed E-state index contributed by atoms with van der Waals surface area (Å²) >= 11 is 0. The van der Waals surface area contributed by atoms with Gasteiger partial charge in [-0.05, 0) is 24.1 Å². The lowest BCUT2D eigenvalue weighted by atomic mass is 10.2. The number of hydrogen-bond acceptors (Lipinski definition) is 3. The van der Waals surface area contributed by atoms with Crippen molar-refractivity contribution in [3.63, 3.8) is 0 Å². The number of nitro groups is 1. The first-order valence-corrected chi connectivity index (χ1v) is 5.39. The van der Waals surface area contributed by atoms with Crippen LogP contribution < -0.4 is 0 Å². The molecule has 0 bridgehead atoms. The molecule has 0 amide bonds. The Balaban J connectivity index is 2.47. The van der Waals surface area contributed by atoms with Gasteiger partial charge in [-0.25, -0.2) is 0 Å².